The number of carbonyl (C=O) groups excluding carboxylic acids is 1. The number of halogens is 1. The van der Waals surface area contributed by atoms with Gasteiger partial charge in [-0.25, -0.2) is 0 Å². The van der Waals surface area contributed by atoms with Gasteiger partial charge in [0.15, 0.2) is 0 Å². The van der Waals surface area contributed by atoms with Gasteiger partial charge in [-0.3, -0.25) is 10.1 Å². The summed E-state index contributed by atoms with van der Waals surface area (Å²) in [7, 11) is 0. The van der Waals surface area contributed by atoms with Crippen molar-refractivity contribution in [3.05, 3.63) is 45.5 Å². The van der Waals surface area contributed by atoms with Gasteiger partial charge in [0.1, 0.15) is 11.8 Å². The summed E-state index contributed by atoms with van der Waals surface area (Å²) in [6, 6.07) is 6.68. The minimum absolute atomic E-state index is 0.222. The van der Waals surface area contributed by atoms with E-state index in [1.807, 2.05) is 18.2 Å². The van der Waals surface area contributed by atoms with Gasteiger partial charge in [0.2, 0.25) is 5.91 Å². The molecule has 0 aromatic carbocycles. The SMILES string of the molecule is CC(NC(c1ccco1)c1ccc(Cl)s1)C(N)=O. The number of amides is 1. The maximum Gasteiger partial charge on any atom is 0.234 e. The van der Waals surface area contributed by atoms with E-state index >= 15 is 0 Å². The van der Waals surface area contributed by atoms with Crippen molar-refractivity contribution in [2.45, 2.75) is 19.0 Å². The van der Waals surface area contributed by atoms with Crippen LogP contribution in [0.4, 0.5) is 0 Å². The molecule has 1 amide bonds. The molecule has 0 spiro atoms. The molecule has 0 bridgehead atoms. The number of hydrogen-bond donors (Lipinski definition) is 2. The van der Waals surface area contributed by atoms with Crippen LogP contribution in [0.5, 0.6) is 0 Å². The van der Waals surface area contributed by atoms with E-state index < -0.39 is 11.9 Å². The lowest BCUT2D eigenvalue weighted by Gasteiger charge is -2.18. The van der Waals surface area contributed by atoms with Crippen molar-refractivity contribution in [2.24, 2.45) is 5.73 Å². The fraction of sp³-hybridized carbons (Fsp3) is 0.250. The number of rotatable bonds is 5. The van der Waals surface area contributed by atoms with Crippen LogP contribution >= 0.6 is 22.9 Å². The summed E-state index contributed by atoms with van der Waals surface area (Å²) < 4.78 is 6.08. The van der Waals surface area contributed by atoms with Crippen LogP contribution in [0, 0.1) is 0 Å². The van der Waals surface area contributed by atoms with Crippen molar-refractivity contribution in [1.29, 1.82) is 0 Å². The van der Waals surface area contributed by atoms with Crippen molar-refractivity contribution >= 4 is 28.8 Å². The predicted octanol–water partition coefficient (Wildman–Crippen LogP) is 2.55. The summed E-state index contributed by atoms with van der Waals surface area (Å²) >= 11 is 7.37. The van der Waals surface area contributed by atoms with Crippen molar-refractivity contribution < 1.29 is 9.21 Å². The molecule has 2 unspecified atom stereocenters. The van der Waals surface area contributed by atoms with E-state index in [0.717, 1.165) is 10.6 Å². The zero-order chi connectivity index (χ0) is 13.1. The van der Waals surface area contributed by atoms with Crippen LogP contribution in [0.1, 0.15) is 23.6 Å². The summed E-state index contributed by atoms with van der Waals surface area (Å²) in [4.78, 5) is 12.1. The number of furan rings is 1. The van der Waals surface area contributed by atoms with E-state index in [2.05, 4.69) is 5.32 Å². The van der Waals surface area contributed by atoms with Crippen molar-refractivity contribution in [2.75, 3.05) is 0 Å². The first-order valence-electron chi connectivity index (χ1n) is 5.42. The predicted molar refractivity (Wildman–Crippen MR) is 71.7 cm³/mol. The topological polar surface area (TPSA) is 68.3 Å². The molecular weight excluding hydrogens is 272 g/mol. The molecule has 4 nitrogen and oxygen atoms in total. The fourth-order valence-corrected chi connectivity index (χ4v) is 2.71. The smallest absolute Gasteiger partial charge is 0.234 e. The van der Waals surface area contributed by atoms with Crippen LogP contribution in [0.15, 0.2) is 34.9 Å². The van der Waals surface area contributed by atoms with Gasteiger partial charge in [0.05, 0.1) is 16.6 Å². The van der Waals surface area contributed by atoms with Crippen LogP contribution in [0.25, 0.3) is 0 Å². The Morgan fingerprint density at radius 3 is 2.78 bits per heavy atom. The second-order valence-electron chi connectivity index (χ2n) is 3.88. The van der Waals surface area contributed by atoms with E-state index in [-0.39, 0.29) is 6.04 Å². The molecule has 2 aromatic heterocycles. The Hall–Kier alpha value is -1.30. The van der Waals surface area contributed by atoms with Crippen LogP contribution in [-0.4, -0.2) is 11.9 Å². The van der Waals surface area contributed by atoms with E-state index in [0.29, 0.717) is 4.34 Å². The molecule has 0 aliphatic carbocycles. The van der Waals surface area contributed by atoms with Crippen molar-refractivity contribution in [3.8, 4) is 0 Å². The number of thiophene rings is 1. The Morgan fingerprint density at radius 1 is 1.50 bits per heavy atom. The van der Waals surface area contributed by atoms with Gasteiger partial charge in [0, 0.05) is 4.88 Å². The van der Waals surface area contributed by atoms with Gasteiger partial charge in [0.25, 0.3) is 0 Å². The molecule has 2 aromatic rings. The first-order valence-corrected chi connectivity index (χ1v) is 6.61. The molecular formula is C12H13ClN2O2S. The molecule has 18 heavy (non-hydrogen) atoms. The molecule has 96 valence electrons. The highest BCUT2D eigenvalue weighted by Gasteiger charge is 2.22. The first-order chi connectivity index (χ1) is 8.58. The van der Waals surface area contributed by atoms with Gasteiger partial charge >= 0.3 is 0 Å². The minimum Gasteiger partial charge on any atom is -0.467 e. The average molecular weight is 285 g/mol. The maximum absolute atomic E-state index is 11.1. The van der Waals surface area contributed by atoms with Crippen LogP contribution < -0.4 is 11.1 Å². The number of carbonyl (C=O) groups is 1. The first kappa shape index (κ1) is 13.1. The molecule has 0 saturated heterocycles. The van der Waals surface area contributed by atoms with Crippen LogP contribution in [0.3, 0.4) is 0 Å². The second kappa shape index (κ2) is 5.56. The third-order valence-electron chi connectivity index (χ3n) is 2.55. The van der Waals surface area contributed by atoms with Gasteiger partial charge in [-0.05, 0) is 31.2 Å². The van der Waals surface area contributed by atoms with Crippen LogP contribution in [0.2, 0.25) is 4.34 Å². The van der Waals surface area contributed by atoms with Gasteiger partial charge < -0.3 is 10.2 Å². The number of hydrogen-bond acceptors (Lipinski definition) is 4. The summed E-state index contributed by atoms with van der Waals surface area (Å²) in [6.07, 6.45) is 1.59. The standard InChI is InChI=1S/C12H13ClN2O2S/c1-7(12(14)16)15-11(8-3-2-6-17-8)9-4-5-10(13)18-9/h2-7,11,15H,1H3,(H2,14,16). The third kappa shape index (κ3) is 2.93. The monoisotopic (exact) mass is 284 g/mol. The van der Waals surface area contributed by atoms with Gasteiger partial charge in [-0.2, -0.15) is 0 Å². The molecule has 2 atom stereocenters. The maximum atomic E-state index is 11.1. The zero-order valence-corrected chi connectivity index (χ0v) is 11.3. The van der Waals surface area contributed by atoms with E-state index in [4.69, 9.17) is 21.8 Å². The van der Waals surface area contributed by atoms with Gasteiger partial charge in [-0.1, -0.05) is 11.6 Å². The Morgan fingerprint density at radius 2 is 2.28 bits per heavy atom. The Balaban J connectivity index is 2.27. The number of primary amides is 1. The molecule has 0 aliphatic heterocycles. The second-order valence-corrected chi connectivity index (χ2v) is 5.63. The summed E-state index contributed by atoms with van der Waals surface area (Å²) in [5.41, 5.74) is 5.27. The number of nitrogens with two attached hydrogens (primary N) is 1. The lowest BCUT2D eigenvalue weighted by atomic mass is 10.1. The summed E-state index contributed by atoms with van der Waals surface area (Å²) in [5, 5.41) is 3.13. The average Bonchev–Trinajstić information content (AvgIpc) is 2.96. The highest BCUT2D eigenvalue weighted by atomic mass is 35.5. The molecule has 2 rings (SSSR count). The minimum atomic E-state index is -0.457. The van der Waals surface area contributed by atoms with Crippen LogP contribution in [-0.2, 0) is 4.79 Å². The molecule has 0 radical (unpaired) electrons. The van der Waals surface area contributed by atoms with Crippen molar-refractivity contribution in [1.82, 2.24) is 5.32 Å². The van der Waals surface area contributed by atoms with E-state index in [1.54, 1.807) is 19.3 Å². The highest BCUT2D eigenvalue weighted by Crippen LogP contribution is 2.31. The normalized spacial score (nSPS) is 14.3. The Bertz CT molecular complexity index is 524. The van der Waals surface area contributed by atoms with Gasteiger partial charge in [-0.15, -0.1) is 11.3 Å². The molecule has 0 fully saturated rings. The summed E-state index contributed by atoms with van der Waals surface area (Å²) in [6.45, 7) is 1.72. The third-order valence-corrected chi connectivity index (χ3v) is 3.85. The molecule has 6 heteroatoms. The fourth-order valence-electron chi connectivity index (χ4n) is 1.58. The zero-order valence-electron chi connectivity index (χ0n) is 9.72. The molecule has 3 N–H and O–H groups in total. The summed E-state index contributed by atoms with van der Waals surface area (Å²) in [5.74, 6) is 0.316. The molecule has 2 heterocycles. The quantitative estimate of drug-likeness (QED) is 0.886. The molecule has 0 aliphatic rings. The largest absolute Gasteiger partial charge is 0.467 e. The highest BCUT2D eigenvalue weighted by molar-refractivity contribution is 7.16. The molecule has 0 saturated carbocycles. The van der Waals surface area contributed by atoms with Crippen molar-refractivity contribution in [3.63, 3.8) is 0 Å². The van der Waals surface area contributed by atoms with E-state index in [1.165, 1.54) is 11.3 Å². The Kier molecular flexibility index (Phi) is 4.06. The lowest BCUT2D eigenvalue weighted by Crippen LogP contribution is -2.40. The lowest BCUT2D eigenvalue weighted by molar-refractivity contribution is -0.119. The Labute approximate surface area is 114 Å². The van der Waals surface area contributed by atoms with E-state index in [9.17, 15) is 4.79 Å². The number of nitrogens with one attached hydrogen (secondary N) is 1.